The number of halogens is 2. The van der Waals surface area contributed by atoms with Gasteiger partial charge in [-0.2, -0.15) is 0 Å². The number of aryl methyl sites for hydroxylation is 2. The monoisotopic (exact) mass is 464 g/mol. The highest BCUT2D eigenvalue weighted by atomic mass is 35.5. The van der Waals surface area contributed by atoms with Crippen molar-refractivity contribution in [3.63, 3.8) is 0 Å². The number of rotatable bonds is 6. The minimum atomic E-state index is -0.633. The Balaban J connectivity index is 1.86. The molecule has 1 aliphatic rings. The Morgan fingerprint density at radius 1 is 0.970 bits per heavy atom. The molecule has 7 heteroatoms. The van der Waals surface area contributed by atoms with Gasteiger partial charge < -0.3 is 10.1 Å². The topological polar surface area (TPSA) is 58.6 Å². The first-order chi connectivity index (χ1) is 15.8. The van der Waals surface area contributed by atoms with E-state index >= 15 is 0 Å². The van der Waals surface area contributed by atoms with E-state index in [1.54, 1.807) is 24.3 Å². The maximum absolute atomic E-state index is 13.7. The maximum atomic E-state index is 13.7. The molecule has 0 atom stereocenters. The van der Waals surface area contributed by atoms with Gasteiger partial charge in [-0.25, -0.2) is 9.29 Å². The summed E-state index contributed by atoms with van der Waals surface area (Å²) in [5, 5.41) is 2.94. The van der Waals surface area contributed by atoms with Crippen molar-refractivity contribution >= 4 is 40.4 Å². The molecule has 33 heavy (non-hydrogen) atoms. The highest BCUT2D eigenvalue weighted by Crippen LogP contribution is 2.37. The van der Waals surface area contributed by atoms with Gasteiger partial charge in [-0.05, 0) is 67.8 Å². The molecule has 0 fully saturated rings. The Morgan fingerprint density at radius 3 is 2.42 bits per heavy atom. The van der Waals surface area contributed by atoms with Crippen molar-refractivity contribution in [3.05, 3.63) is 93.9 Å². The number of carbonyl (C=O) groups excluding carboxylic acids is 2. The third-order valence-electron chi connectivity index (χ3n) is 5.49. The molecule has 2 amide bonds. The first-order valence-electron chi connectivity index (χ1n) is 10.5. The van der Waals surface area contributed by atoms with E-state index in [1.807, 2.05) is 39.0 Å². The summed E-state index contributed by atoms with van der Waals surface area (Å²) in [5.41, 5.74) is 3.71. The Hall–Kier alpha value is -3.64. The molecule has 4 rings (SSSR count). The minimum Gasteiger partial charge on any atom is -0.492 e. The van der Waals surface area contributed by atoms with Gasteiger partial charge in [-0.15, -0.1) is 0 Å². The second-order valence-corrected chi connectivity index (χ2v) is 8.05. The third-order valence-corrected chi connectivity index (χ3v) is 5.78. The average Bonchev–Trinajstić information content (AvgIpc) is 3.03. The number of imide groups is 1. The maximum Gasteiger partial charge on any atom is 0.282 e. The third kappa shape index (κ3) is 4.22. The van der Waals surface area contributed by atoms with Crippen molar-refractivity contribution in [2.75, 3.05) is 16.8 Å². The number of hydrogen-bond donors (Lipinski definition) is 1. The average molecular weight is 465 g/mol. The van der Waals surface area contributed by atoms with Crippen LogP contribution in [-0.4, -0.2) is 18.4 Å². The lowest BCUT2D eigenvalue weighted by Crippen LogP contribution is -2.32. The number of amides is 2. The molecule has 0 spiro atoms. The van der Waals surface area contributed by atoms with E-state index in [1.165, 1.54) is 12.1 Å². The van der Waals surface area contributed by atoms with Crippen molar-refractivity contribution in [3.8, 4) is 5.75 Å². The summed E-state index contributed by atoms with van der Waals surface area (Å²) in [7, 11) is 0. The quantitative estimate of drug-likeness (QED) is 0.462. The molecule has 1 N–H and O–H groups in total. The number of carbonyl (C=O) groups is 2. The Labute approximate surface area is 196 Å². The first-order valence-corrected chi connectivity index (χ1v) is 10.8. The van der Waals surface area contributed by atoms with E-state index in [4.69, 9.17) is 16.3 Å². The second kappa shape index (κ2) is 9.08. The summed E-state index contributed by atoms with van der Waals surface area (Å²) in [4.78, 5) is 28.1. The molecule has 1 aliphatic heterocycles. The molecule has 0 radical (unpaired) electrons. The van der Waals surface area contributed by atoms with Crippen molar-refractivity contribution in [2.45, 2.75) is 20.8 Å². The first kappa shape index (κ1) is 22.6. The summed E-state index contributed by atoms with van der Waals surface area (Å²) in [6.45, 7) is 6.21. The van der Waals surface area contributed by atoms with Gasteiger partial charge in [0.15, 0.2) is 0 Å². The number of para-hydroxylation sites is 2. The van der Waals surface area contributed by atoms with Crippen molar-refractivity contribution in [2.24, 2.45) is 0 Å². The SMILES string of the molecule is CCOc1ccccc1NC1=C(c2ccc(C)c(C)c2)C(=O)N(c2ccc(F)c(Cl)c2)C1=O. The lowest BCUT2D eigenvalue weighted by atomic mass is 9.99. The van der Waals surface area contributed by atoms with Crippen molar-refractivity contribution in [1.29, 1.82) is 0 Å². The summed E-state index contributed by atoms with van der Waals surface area (Å²) < 4.78 is 19.4. The van der Waals surface area contributed by atoms with E-state index in [-0.39, 0.29) is 22.0 Å². The Kier molecular flexibility index (Phi) is 6.20. The number of nitrogens with zero attached hydrogens (tertiary/aromatic N) is 1. The molecular formula is C26H22ClFN2O3. The van der Waals surface area contributed by atoms with Crippen LogP contribution in [0.2, 0.25) is 5.02 Å². The molecule has 1 heterocycles. The van der Waals surface area contributed by atoms with E-state index in [9.17, 15) is 14.0 Å². The Bertz CT molecular complexity index is 1300. The smallest absolute Gasteiger partial charge is 0.282 e. The molecular weight excluding hydrogens is 443 g/mol. The summed E-state index contributed by atoms with van der Waals surface area (Å²) in [5.74, 6) is -1.18. The largest absolute Gasteiger partial charge is 0.492 e. The fraction of sp³-hybridized carbons (Fsp3) is 0.154. The van der Waals surface area contributed by atoms with Gasteiger partial charge in [0.05, 0.1) is 28.6 Å². The van der Waals surface area contributed by atoms with Crippen LogP contribution in [-0.2, 0) is 9.59 Å². The lowest BCUT2D eigenvalue weighted by Gasteiger charge is -2.16. The van der Waals surface area contributed by atoms with Crippen LogP contribution in [0.15, 0.2) is 66.4 Å². The molecule has 0 bridgehead atoms. The van der Waals surface area contributed by atoms with Crippen LogP contribution in [0.5, 0.6) is 5.75 Å². The van der Waals surface area contributed by atoms with Gasteiger partial charge in [0.25, 0.3) is 11.8 Å². The molecule has 3 aromatic rings. The molecule has 0 saturated carbocycles. The highest BCUT2D eigenvalue weighted by Gasteiger charge is 2.40. The molecule has 0 saturated heterocycles. The van der Waals surface area contributed by atoms with E-state index in [0.29, 0.717) is 23.6 Å². The minimum absolute atomic E-state index is 0.107. The number of nitrogens with one attached hydrogen (secondary N) is 1. The fourth-order valence-corrected chi connectivity index (χ4v) is 3.83. The second-order valence-electron chi connectivity index (χ2n) is 7.65. The van der Waals surface area contributed by atoms with Gasteiger partial charge in [-0.1, -0.05) is 41.9 Å². The standard InChI is InChI=1S/C26H22ClFN2O3/c1-4-33-22-8-6-5-7-21(22)29-24-23(17-10-9-15(2)16(3)13-17)25(31)30(26(24)32)18-11-12-20(28)19(27)14-18/h5-14,29H,4H2,1-3H3. The number of anilines is 2. The number of benzene rings is 3. The zero-order valence-corrected chi connectivity index (χ0v) is 19.2. The Morgan fingerprint density at radius 2 is 1.73 bits per heavy atom. The molecule has 3 aromatic carbocycles. The fourth-order valence-electron chi connectivity index (χ4n) is 3.65. The van der Waals surface area contributed by atoms with Crippen LogP contribution >= 0.6 is 11.6 Å². The number of hydrogen-bond acceptors (Lipinski definition) is 4. The summed E-state index contributed by atoms with van der Waals surface area (Å²) in [6.07, 6.45) is 0. The van der Waals surface area contributed by atoms with Crippen LogP contribution in [0.1, 0.15) is 23.6 Å². The van der Waals surface area contributed by atoms with Gasteiger partial charge in [0.1, 0.15) is 17.3 Å². The zero-order chi connectivity index (χ0) is 23.7. The lowest BCUT2D eigenvalue weighted by molar-refractivity contribution is -0.120. The van der Waals surface area contributed by atoms with Gasteiger partial charge in [0.2, 0.25) is 0 Å². The van der Waals surface area contributed by atoms with E-state index in [0.717, 1.165) is 22.1 Å². The van der Waals surface area contributed by atoms with Gasteiger partial charge in [0, 0.05) is 0 Å². The highest BCUT2D eigenvalue weighted by molar-refractivity contribution is 6.46. The van der Waals surface area contributed by atoms with Gasteiger partial charge in [-0.3, -0.25) is 9.59 Å². The van der Waals surface area contributed by atoms with E-state index in [2.05, 4.69) is 5.32 Å². The molecule has 0 unspecified atom stereocenters. The summed E-state index contributed by atoms with van der Waals surface area (Å²) in [6, 6.07) is 16.5. The number of ether oxygens (including phenoxy) is 1. The predicted molar refractivity (Wildman–Crippen MR) is 128 cm³/mol. The van der Waals surface area contributed by atoms with Crippen LogP contribution in [0.4, 0.5) is 15.8 Å². The van der Waals surface area contributed by atoms with Crippen LogP contribution < -0.4 is 15.0 Å². The van der Waals surface area contributed by atoms with Crippen LogP contribution in [0, 0.1) is 19.7 Å². The normalized spacial score (nSPS) is 13.7. The molecule has 0 aromatic heterocycles. The van der Waals surface area contributed by atoms with E-state index < -0.39 is 17.6 Å². The zero-order valence-electron chi connectivity index (χ0n) is 18.4. The van der Waals surface area contributed by atoms with Crippen molar-refractivity contribution in [1.82, 2.24) is 0 Å². The molecule has 0 aliphatic carbocycles. The molecule has 168 valence electrons. The predicted octanol–water partition coefficient (Wildman–Crippen LogP) is 5.89. The summed E-state index contributed by atoms with van der Waals surface area (Å²) >= 11 is 5.93. The molecule has 5 nitrogen and oxygen atoms in total. The van der Waals surface area contributed by atoms with Crippen molar-refractivity contribution < 1.29 is 18.7 Å². The van der Waals surface area contributed by atoms with Crippen LogP contribution in [0.25, 0.3) is 5.57 Å². The van der Waals surface area contributed by atoms with Crippen LogP contribution in [0.3, 0.4) is 0 Å². The van der Waals surface area contributed by atoms with Gasteiger partial charge >= 0.3 is 0 Å².